The van der Waals surface area contributed by atoms with Gasteiger partial charge in [-0.25, -0.2) is 26.3 Å². The van der Waals surface area contributed by atoms with Gasteiger partial charge in [0.2, 0.25) is 10.0 Å². The highest BCUT2D eigenvalue weighted by molar-refractivity contribution is 7.89. The Morgan fingerprint density at radius 1 is 1.32 bits per heavy atom. The Kier molecular flexibility index (Phi) is 5.65. The Hall–Kier alpha value is -1.32. The van der Waals surface area contributed by atoms with Gasteiger partial charge >= 0.3 is 0 Å². The van der Waals surface area contributed by atoms with Crippen LogP contribution in [0.4, 0.5) is 13.2 Å². The maximum Gasteiger partial charge on any atom is 0.251 e. The van der Waals surface area contributed by atoms with E-state index in [2.05, 4.69) is 0 Å². The number of rotatable bonds is 6. The SMILES string of the molecule is O=S(=O)(NCC(F)F)c1ccc(OC2CCOCC2)c(F)c1. The van der Waals surface area contributed by atoms with E-state index in [1.165, 1.54) is 6.07 Å². The Labute approximate surface area is 126 Å². The van der Waals surface area contributed by atoms with Gasteiger partial charge in [-0.05, 0) is 18.2 Å². The fourth-order valence-electron chi connectivity index (χ4n) is 1.97. The molecule has 1 aromatic carbocycles. The quantitative estimate of drug-likeness (QED) is 0.860. The molecule has 1 N–H and O–H groups in total. The van der Waals surface area contributed by atoms with Crippen LogP contribution < -0.4 is 9.46 Å². The molecule has 0 amide bonds. The summed E-state index contributed by atoms with van der Waals surface area (Å²) in [6, 6.07) is 3.05. The summed E-state index contributed by atoms with van der Waals surface area (Å²) in [6.07, 6.45) is -1.77. The third kappa shape index (κ3) is 4.59. The average Bonchev–Trinajstić information content (AvgIpc) is 2.48. The summed E-state index contributed by atoms with van der Waals surface area (Å²) < 4.78 is 73.8. The molecule has 0 bridgehead atoms. The molecule has 9 heteroatoms. The summed E-state index contributed by atoms with van der Waals surface area (Å²) in [5.41, 5.74) is 0. The molecule has 0 atom stereocenters. The Balaban J connectivity index is 2.08. The first kappa shape index (κ1) is 17.0. The maximum absolute atomic E-state index is 13.9. The number of hydrogen-bond acceptors (Lipinski definition) is 4. The van der Waals surface area contributed by atoms with Crippen LogP contribution in [0.3, 0.4) is 0 Å². The Morgan fingerprint density at radius 3 is 2.59 bits per heavy atom. The third-order valence-electron chi connectivity index (χ3n) is 3.10. The lowest BCUT2D eigenvalue weighted by Crippen LogP contribution is -2.29. The van der Waals surface area contributed by atoms with Crippen molar-refractivity contribution in [1.29, 1.82) is 0 Å². The van der Waals surface area contributed by atoms with Crippen LogP contribution in [-0.2, 0) is 14.8 Å². The minimum absolute atomic E-state index is 0.0697. The monoisotopic (exact) mass is 339 g/mol. The molecule has 1 saturated heterocycles. The first-order chi connectivity index (χ1) is 10.4. The summed E-state index contributed by atoms with van der Waals surface area (Å²) in [7, 11) is -4.17. The molecule has 124 valence electrons. The molecule has 0 aromatic heterocycles. The molecule has 22 heavy (non-hydrogen) atoms. The lowest BCUT2D eigenvalue weighted by atomic mass is 10.1. The van der Waals surface area contributed by atoms with Gasteiger partial charge in [0, 0.05) is 12.8 Å². The molecule has 2 rings (SSSR count). The normalized spacial score (nSPS) is 16.9. The molecule has 0 saturated carbocycles. The molecule has 0 radical (unpaired) electrons. The van der Waals surface area contributed by atoms with Crippen molar-refractivity contribution in [2.45, 2.75) is 30.3 Å². The number of hydrogen-bond donors (Lipinski definition) is 1. The second kappa shape index (κ2) is 7.30. The average molecular weight is 339 g/mol. The summed E-state index contributed by atoms with van der Waals surface area (Å²) in [4.78, 5) is -0.426. The van der Waals surface area contributed by atoms with Crippen LogP contribution >= 0.6 is 0 Å². The molecule has 1 heterocycles. The van der Waals surface area contributed by atoms with E-state index in [9.17, 15) is 21.6 Å². The first-order valence-electron chi connectivity index (χ1n) is 6.70. The van der Waals surface area contributed by atoms with Gasteiger partial charge < -0.3 is 9.47 Å². The van der Waals surface area contributed by atoms with Gasteiger partial charge in [-0.15, -0.1) is 0 Å². The van der Waals surface area contributed by atoms with Crippen molar-refractivity contribution in [2.24, 2.45) is 0 Å². The van der Waals surface area contributed by atoms with Gasteiger partial charge in [-0.1, -0.05) is 0 Å². The van der Waals surface area contributed by atoms with Crippen LogP contribution in [0.25, 0.3) is 0 Å². The number of nitrogens with one attached hydrogen (secondary N) is 1. The number of halogens is 3. The van der Waals surface area contributed by atoms with Crippen molar-refractivity contribution < 1.29 is 31.1 Å². The highest BCUT2D eigenvalue weighted by atomic mass is 32.2. The molecule has 0 spiro atoms. The minimum atomic E-state index is -4.17. The predicted octanol–water partition coefficient (Wildman–Crippen LogP) is 1.93. The van der Waals surface area contributed by atoms with E-state index in [-0.39, 0.29) is 11.9 Å². The van der Waals surface area contributed by atoms with Gasteiger partial charge in [-0.2, -0.15) is 0 Å². The lowest BCUT2D eigenvalue weighted by molar-refractivity contribution is 0.0240. The summed E-state index contributed by atoms with van der Waals surface area (Å²) >= 11 is 0. The fourth-order valence-corrected chi connectivity index (χ4v) is 2.99. The molecular weight excluding hydrogens is 323 g/mol. The highest BCUT2D eigenvalue weighted by Crippen LogP contribution is 2.24. The molecule has 0 aliphatic carbocycles. The molecule has 5 nitrogen and oxygen atoms in total. The van der Waals surface area contributed by atoms with E-state index in [0.29, 0.717) is 26.1 Å². The summed E-state index contributed by atoms with van der Waals surface area (Å²) in [5.74, 6) is -0.925. The van der Waals surface area contributed by atoms with E-state index in [1.54, 1.807) is 4.72 Å². The van der Waals surface area contributed by atoms with Crippen LogP contribution in [0, 0.1) is 5.82 Å². The van der Waals surface area contributed by atoms with Crippen molar-refractivity contribution in [3.05, 3.63) is 24.0 Å². The third-order valence-corrected chi connectivity index (χ3v) is 4.52. The second-order valence-electron chi connectivity index (χ2n) is 4.76. The van der Waals surface area contributed by atoms with E-state index in [0.717, 1.165) is 12.1 Å². The summed E-state index contributed by atoms with van der Waals surface area (Å²) in [6.45, 7) is 0.0247. The topological polar surface area (TPSA) is 64.6 Å². The van der Waals surface area contributed by atoms with Gasteiger partial charge in [-0.3, -0.25) is 0 Å². The van der Waals surface area contributed by atoms with Gasteiger partial charge in [0.05, 0.1) is 24.7 Å². The maximum atomic E-state index is 13.9. The first-order valence-corrected chi connectivity index (χ1v) is 8.18. The van der Waals surface area contributed by atoms with Gasteiger partial charge in [0.1, 0.15) is 6.10 Å². The van der Waals surface area contributed by atoms with Crippen LogP contribution in [0.5, 0.6) is 5.75 Å². The zero-order chi connectivity index (χ0) is 16.2. The second-order valence-corrected chi connectivity index (χ2v) is 6.53. The Morgan fingerprint density at radius 2 is 2.00 bits per heavy atom. The van der Waals surface area contributed by atoms with Crippen LogP contribution in [-0.4, -0.2) is 40.7 Å². The van der Waals surface area contributed by atoms with E-state index in [1.807, 2.05) is 0 Å². The number of ether oxygens (including phenoxy) is 2. The van der Waals surface area contributed by atoms with Gasteiger partial charge in [0.25, 0.3) is 6.43 Å². The molecule has 1 aliphatic heterocycles. The number of alkyl halides is 2. The molecule has 1 aliphatic rings. The van der Waals surface area contributed by atoms with Crippen molar-refractivity contribution in [2.75, 3.05) is 19.8 Å². The van der Waals surface area contributed by atoms with Crippen molar-refractivity contribution >= 4 is 10.0 Å². The number of benzene rings is 1. The molecule has 1 aromatic rings. The van der Waals surface area contributed by atoms with Crippen LogP contribution in [0.1, 0.15) is 12.8 Å². The van der Waals surface area contributed by atoms with Gasteiger partial charge in [0.15, 0.2) is 11.6 Å². The smallest absolute Gasteiger partial charge is 0.251 e. The van der Waals surface area contributed by atoms with Crippen molar-refractivity contribution in [3.8, 4) is 5.75 Å². The van der Waals surface area contributed by atoms with Crippen LogP contribution in [0.15, 0.2) is 23.1 Å². The largest absolute Gasteiger partial charge is 0.487 e. The molecular formula is C13H16F3NO4S. The van der Waals surface area contributed by atoms with E-state index in [4.69, 9.17) is 9.47 Å². The summed E-state index contributed by atoms with van der Waals surface area (Å²) in [5, 5.41) is 0. The van der Waals surface area contributed by atoms with Crippen molar-refractivity contribution in [3.63, 3.8) is 0 Å². The highest BCUT2D eigenvalue weighted by Gasteiger charge is 2.21. The van der Waals surface area contributed by atoms with E-state index >= 15 is 0 Å². The zero-order valence-electron chi connectivity index (χ0n) is 11.6. The molecule has 1 fully saturated rings. The number of sulfonamides is 1. The standard InChI is InChI=1S/C13H16F3NO4S/c14-11-7-10(22(18,19)17-8-13(15)16)1-2-12(11)21-9-3-5-20-6-4-9/h1-2,7,9,13,17H,3-6,8H2. The minimum Gasteiger partial charge on any atom is -0.487 e. The van der Waals surface area contributed by atoms with E-state index < -0.39 is 33.7 Å². The van der Waals surface area contributed by atoms with Crippen molar-refractivity contribution in [1.82, 2.24) is 4.72 Å². The fraction of sp³-hybridized carbons (Fsp3) is 0.538. The lowest BCUT2D eigenvalue weighted by Gasteiger charge is -2.23. The Bertz CT molecular complexity index is 603. The predicted molar refractivity (Wildman–Crippen MR) is 72.1 cm³/mol. The molecule has 0 unspecified atom stereocenters. The van der Waals surface area contributed by atoms with Crippen LogP contribution in [0.2, 0.25) is 0 Å². The zero-order valence-corrected chi connectivity index (χ0v) is 12.4.